The lowest BCUT2D eigenvalue weighted by Gasteiger charge is -2.00. The van der Waals surface area contributed by atoms with Crippen molar-refractivity contribution < 1.29 is 14.6 Å². The number of hydrogen-bond donors (Lipinski definition) is 1. The SMILES string of the molecule is O=C(NN=CC=Cc1ccccc1)c1cc([N+](=O)[O-])cc([N+](=O)[O-])c1. The van der Waals surface area contributed by atoms with Crippen LogP contribution in [0.25, 0.3) is 6.08 Å². The summed E-state index contributed by atoms with van der Waals surface area (Å²) in [5.41, 5.74) is 1.76. The molecule has 0 saturated heterocycles. The van der Waals surface area contributed by atoms with Crippen LogP contribution < -0.4 is 5.43 Å². The molecular formula is C16H12N4O5. The number of carbonyl (C=O) groups is 1. The van der Waals surface area contributed by atoms with E-state index in [0.29, 0.717) is 0 Å². The first-order chi connectivity index (χ1) is 12.0. The molecule has 0 radical (unpaired) electrons. The smallest absolute Gasteiger partial charge is 0.267 e. The number of nitro groups is 2. The average Bonchev–Trinajstić information content (AvgIpc) is 2.61. The monoisotopic (exact) mass is 340 g/mol. The Morgan fingerprint density at radius 2 is 1.60 bits per heavy atom. The second-order valence-corrected chi connectivity index (χ2v) is 4.74. The molecule has 0 aromatic heterocycles. The minimum absolute atomic E-state index is 0.231. The molecule has 0 heterocycles. The van der Waals surface area contributed by atoms with Gasteiger partial charge in [-0.25, -0.2) is 5.43 Å². The molecule has 0 aliphatic heterocycles. The first-order valence-corrected chi connectivity index (χ1v) is 6.96. The molecule has 0 aliphatic carbocycles. The van der Waals surface area contributed by atoms with E-state index in [1.54, 1.807) is 12.2 Å². The van der Waals surface area contributed by atoms with Crippen LogP contribution in [0, 0.1) is 20.2 Å². The Bertz CT molecular complexity index is 830. The van der Waals surface area contributed by atoms with Crippen LogP contribution in [0.3, 0.4) is 0 Å². The summed E-state index contributed by atoms with van der Waals surface area (Å²) < 4.78 is 0. The fraction of sp³-hybridized carbons (Fsp3) is 0. The molecule has 9 heteroatoms. The summed E-state index contributed by atoms with van der Waals surface area (Å²) in [4.78, 5) is 31.9. The highest BCUT2D eigenvalue weighted by Crippen LogP contribution is 2.22. The van der Waals surface area contributed by atoms with Crippen molar-refractivity contribution in [2.24, 2.45) is 5.10 Å². The number of hydrazone groups is 1. The molecule has 0 bridgehead atoms. The summed E-state index contributed by atoms with van der Waals surface area (Å²) in [5, 5.41) is 25.3. The second kappa shape index (κ2) is 8.11. The van der Waals surface area contributed by atoms with Crippen LogP contribution in [0.15, 0.2) is 59.7 Å². The number of amides is 1. The molecule has 0 spiro atoms. The van der Waals surface area contributed by atoms with Gasteiger partial charge >= 0.3 is 0 Å². The van der Waals surface area contributed by atoms with E-state index < -0.39 is 27.1 Å². The third-order valence-corrected chi connectivity index (χ3v) is 3.00. The number of allylic oxidation sites excluding steroid dienone is 1. The van der Waals surface area contributed by atoms with Crippen molar-refractivity contribution in [3.63, 3.8) is 0 Å². The summed E-state index contributed by atoms with van der Waals surface area (Å²) in [6, 6.07) is 12.0. The van der Waals surface area contributed by atoms with Crippen molar-refractivity contribution in [1.82, 2.24) is 5.43 Å². The molecule has 2 aromatic carbocycles. The summed E-state index contributed by atoms with van der Waals surface area (Å²) in [7, 11) is 0. The van der Waals surface area contributed by atoms with E-state index in [1.807, 2.05) is 30.3 Å². The van der Waals surface area contributed by atoms with Gasteiger partial charge in [0.1, 0.15) is 0 Å². The van der Waals surface area contributed by atoms with E-state index in [4.69, 9.17) is 0 Å². The summed E-state index contributed by atoms with van der Waals surface area (Å²) in [6.45, 7) is 0. The zero-order valence-electron chi connectivity index (χ0n) is 12.7. The third-order valence-electron chi connectivity index (χ3n) is 3.00. The van der Waals surface area contributed by atoms with E-state index in [2.05, 4.69) is 10.5 Å². The minimum atomic E-state index is -0.810. The van der Waals surface area contributed by atoms with E-state index in [-0.39, 0.29) is 5.56 Å². The van der Waals surface area contributed by atoms with E-state index in [0.717, 1.165) is 23.8 Å². The van der Waals surface area contributed by atoms with Crippen molar-refractivity contribution in [2.45, 2.75) is 0 Å². The van der Waals surface area contributed by atoms with E-state index in [9.17, 15) is 25.0 Å². The fourth-order valence-corrected chi connectivity index (χ4v) is 1.86. The molecule has 25 heavy (non-hydrogen) atoms. The zero-order chi connectivity index (χ0) is 18.2. The fourth-order valence-electron chi connectivity index (χ4n) is 1.86. The van der Waals surface area contributed by atoms with Gasteiger partial charge in [0.25, 0.3) is 17.3 Å². The largest absolute Gasteiger partial charge is 0.277 e. The number of rotatable bonds is 6. The lowest BCUT2D eigenvalue weighted by atomic mass is 10.1. The Kier molecular flexibility index (Phi) is 5.67. The van der Waals surface area contributed by atoms with Gasteiger partial charge in [0.2, 0.25) is 0 Å². The van der Waals surface area contributed by atoms with Gasteiger partial charge in [-0.05, 0) is 11.6 Å². The average molecular weight is 340 g/mol. The van der Waals surface area contributed by atoms with Crippen molar-refractivity contribution >= 4 is 29.6 Å². The topological polar surface area (TPSA) is 128 Å². The molecule has 1 N–H and O–H groups in total. The van der Waals surface area contributed by atoms with Crippen LogP contribution in [0.1, 0.15) is 15.9 Å². The molecule has 0 saturated carbocycles. The van der Waals surface area contributed by atoms with Crippen molar-refractivity contribution in [3.8, 4) is 0 Å². The highest BCUT2D eigenvalue weighted by Gasteiger charge is 2.19. The summed E-state index contributed by atoms with van der Waals surface area (Å²) in [5.74, 6) is -0.795. The number of nitro benzene ring substituents is 2. The molecule has 0 aliphatic rings. The third kappa shape index (κ3) is 5.06. The van der Waals surface area contributed by atoms with Crippen LogP contribution in [-0.4, -0.2) is 22.0 Å². The van der Waals surface area contributed by atoms with Gasteiger partial charge in [-0.2, -0.15) is 5.10 Å². The highest BCUT2D eigenvalue weighted by atomic mass is 16.6. The lowest BCUT2D eigenvalue weighted by Crippen LogP contribution is -2.17. The molecule has 2 rings (SSSR count). The normalized spacial score (nSPS) is 10.9. The molecule has 0 unspecified atom stereocenters. The van der Waals surface area contributed by atoms with Crippen LogP contribution in [0.4, 0.5) is 11.4 Å². The van der Waals surface area contributed by atoms with Gasteiger partial charge in [-0.3, -0.25) is 25.0 Å². The highest BCUT2D eigenvalue weighted by molar-refractivity contribution is 5.96. The molecule has 2 aromatic rings. The number of benzene rings is 2. The van der Waals surface area contributed by atoms with Gasteiger partial charge in [0, 0.05) is 18.3 Å². The maximum atomic E-state index is 11.9. The molecule has 126 valence electrons. The van der Waals surface area contributed by atoms with Crippen LogP contribution in [0.2, 0.25) is 0 Å². The van der Waals surface area contributed by atoms with Crippen LogP contribution >= 0.6 is 0 Å². The first-order valence-electron chi connectivity index (χ1n) is 6.96. The Hall–Kier alpha value is -3.88. The number of carbonyl (C=O) groups excluding carboxylic acids is 1. The molecule has 9 nitrogen and oxygen atoms in total. The quantitative estimate of drug-likeness (QED) is 0.491. The Morgan fingerprint density at radius 1 is 1.00 bits per heavy atom. The second-order valence-electron chi connectivity index (χ2n) is 4.74. The van der Waals surface area contributed by atoms with Crippen LogP contribution in [-0.2, 0) is 0 Å². The van der Waals surface area contributed by atoms with Crippen molar-refractivity contribution in [1.29, 1.82) is 0 Å². The Morgan fingerprint density at radius 3 is 2.16 bits per heavy atom. The van der Waals surface area contributed by atoms with E-state index in [1.165, 1.54) is 6.21 Å². The molecule has 0 fully saturated rings. The first kappa shape index (κ1) is 17.5. The van der Waals surface area contributed by atoms with Crippen molar-refractivity contribution in [3.05, 3.63) is 86.0 Å². The number of nitrogens with one attached hydrogen (secondary N) is 1. The maximum absolute atomic E-state index is 11.9. The molecule has 1 amide bonds. The molecule has 0 atom stereocenters. The van der Waals surface area contributed by atoms with Gasteiger partial charge in [0.15, 0.2) is 0 Å². The summed E-state index contributed by atoms with van der Waals surface area (Å²) >= 11 is 0. The predicted octanol–water partition coefficient (Wildman–Crippen LogP) is 2.93. The minimum Gasteiger partial charge on any atom is -0.267 e. The van der Waals surface area contributed by atoms with Gasteiger partial charge in [-0.15, -0.1) is 0 Å². The molecular weight excluding hydrogens is 328 g/mol. The standard InChI is InChI=1S/C16H12N4O5/c21-16(18-17-8-4-7-12-5-2-1-3-6-12)13-9-14(19(22)23)11-15(10-13)20(24)25/h1-11H,(H,18,21). The van der Waals surface area contributed by atoms with Crippen molar-refractivity contribution in [2.75, 3.05) is 0 Å². The summed E-state index contributed by atoms with van der Waals surface area (Å²) in [6.07, 6.45) is 4.66. The predicted molar refractivity (Wildman–Crippen MR) is 91.2 cm³/mol. The Balaban J connectivity index is 2.07. The van der Waals surface area contributed by atoms with Gasteiger partial charge in [0.05, 0.1) is 21.5 Å². The van der Waals surface area contributed by atoms with Crippen LogP contribution in [0.5, 0.6) is 0 Å². The Labute approximate surface area is 141 Å². The zero-order valence-corrected chi connectivity index (χ0v) is 12.7. The number of non-ortho nitro benzene ring substituents is 2. The number of nitrogens with zero attached hydrogens (tertiary/aromatic N) is 3. The lowest BCUT2D eigenvalue weighted by molar-refractivity contribution is -0.394. The van der Waals surface area contributed by atoms with E-state index >= 15 is 0 Å². The van der Waals surface area contributed by atoms with Gasteiger partial charge in [-0.1, -0.05) is 36.4 Å². The number of hydrogen-bond acceptors (Lipinski definition) is 6. The maximum Gasteiger partial charge on any atom is 0.277 e. The van der Waals surface area contributed by atoms with Gasteiger partial charge < -0.3 is 0 Å².